The van der Waals surface area contributed by atoms with Crippen LogP contribution in [-0.2, 0) is 16.0 Å². The first kappa shape index (κ1) is 27.0. The van der Waals surface area contributed by atoms with Gasteiger partial charge in [0.25, 0.3) is 0 Å². The van der Waals surface area contributed by atoms with Crippen molar-refractivity contribution in [2.45, 2.75) is 61.9 Å². The molecule has 36 heavy (non-hydrogen) atoms. The van der Waals surface area contributed by atoms with Gasteiger partial charge in [-0.05, 0) is 44.2 Å². The van der Waals surface area contributed by atoms with Gasteiger partial charge in [-0.3, -0.25) is 9.59 Å². The van der Waals surface area contributed by atoms with E-state index < -0.39 is 16.7 Å². The van der Waals surface area contributed by atoms with Crippen LogP contribution in [0.1, 0.15) is 55.6 Å². The van der Waals surface area contributed by atoms with Crippen molar-refractivity contribution >= 4 is 35.1 Å². The van der Waals surface area contributed by atoms with Crippen molar-refractivity contribution in [3.8, 4) is 6.07 Å². The molecule has 0 bridgehead atoms. The second kappa shape index (κ2) is 11.4. The van der Waals surface area contributed by atoms with Gasteiger partial charge < -0.3 is 21.7 Å². The molecule has 1 aromatic heterocycles. The molecule has 1 atom stereocenters. The number of rotatable bonds is 8. The van der Waals surface area contributed by atoms with E-state index in [2.05, 4.69) is 16.2 Å². The summed E-state index contributed by atoms with van der Waals surface area (Å²) in [6.07, 6.45) is 1.80. The van der Waals surface area contributed by atoms with Gasteiger partial charge in [-0.1, -0.05) is 49.0 Å². The third kappa shape index (κ3) is 5.96. The number of anilines is 1. The minimum atomic E-state index is -0.957. The van der Waals surface area contributed by atoms with E-state index >= 15 is 0 Å². The highest BCUT2D eigenvalue weighted by Gasteiger charge is 2.31. The molecule has 188 valence electrons. The Morgan fingerprint density at radius 2 is 1.97 bits per heavy atom. The summed E-state index contributed by atoms with van der Waals surface area (Å²) in [4.78, 5) is 35.1. The molecule has 2 heterocycles. The van der Waals surface area contributed by atoms with E-state index in [1.165, 1.54) is 0 Å². The third-order valence-electron chi connectivity index (χ3n) is 6.10. The van der Waals surface area contributed by atoms with Crippen molar-refractivity contribution < 1.29 is 9.59 Å². The number of amides is 2. The average molecular weight is 506 g/mol. The van der Waals surface area contributed by atoms with Gasteiger partial charge in [0.1, 0.15) is 22.2 Å². The summed E-state index contributed by atoms with van der Waals surface area (Å²) < 4.78 is 0. The number of pyridine rings is 1. The lowest BCUT2D eigenvalue weighted by atomic mass is 10.0. The highest BCUT2D eigenvalue weighted by atomic mass is 32.2. The van der Waals surface area contributed by atoms with Gasteiger partial charge in [-0.15, -0.1) is 0 Å². The number of nitrogens with zero attached hydrogens (tertiary/aromatic N) is 4. The van der Waals surface area contributed by atoms with Gasteiger partial charge in [0.2, 0.25) is 17.5 Å². The maximum absolute atomic E-state index is 12.4. The van der Waals surface area contributed by atoms with Crippen LogP contribution in [0.25, 0.3) is 4.85 Å². The SMILES string of the molecule is [C-]#[N+]c1c(N2CCC(NC(=O)C(C)(C)N)CC2)nc(SC(C(N)=O)c2ccccc2)c(C#N)c1CC. The molecule has 10 heteroatoms. The van der Waals surface area contributed by atoms with E-state index in [1.807, 2.05) is 42.2 Å². The van der Waals surface area contributed by atoms with Crippen LogP contribution in [-0.4, -0.2) is 41.5 Å². The predicted molar refractivity (Wildman–Crippen MR) is 140 cm³/mol. The number of primary amides is 1. The molecule has 2 aromatic rings. The number of nitriles is 1. The molecule has 0 saturated carbocycles. The molecule has 9 nitrogen and oxygen atoms in total. The number of hydrogen-bond acceptors (Lipinski definition) is 7. The van der Waals surface area contributed by atoms with Gasteiger partial charge in [-0.25, -0.2) is 9.83 Å². The first-order valence-electron chi connectivity index (χ1n) is 11.8. The van der Waals surface area contributed by atoms with Crippen LogP contribution >= 0.6 is 11.8 Å². The molecule has 0 radical (unpaired) electrons. The monoisotopic (exact) mass is 505 g/mol. The van der Waals surface area contributed by atoms with E-state index in [1.54, 1.807) is 13.8 Å². The first-order valence-corrected chi connectivity index (χ1v) is 12.7. The van der Waals surface area contributed by atoms with Gasteiger partial charge in [0, 0.05) is 19.1 Å². The Morgan fingerprint density at radius 3 is 2.47 bits per heavy atom. The fourth-order valence-electron chi connectivity index (χ4n) is 4.11. The summed E-state index contributed by atoms with van der Waals surface area (Å²) in [6.45, 7) is 14.2. The smallest absolute Gasteiger partial charge is 0.239 e. The zero-order valence-electron chi connectivity index (χ0n) is 20.7. The third-order valence-corrected chi connectivity index (χ3v) is 7.36. The van der Waals surface area contributed by atoms with E-state index in [4.69, 9.17) is 23.0 Å². The molecule has 1 fully saturated rings. The largest absolute Gasteiger partial charge is 0.368 e. The Morgan fingerprint density at radius 1 is 1.33 bits per heavy atom. The van der Waals surface area contributed by atoms with Gasteiger partial charge in [0.15, 0.2) is 0 Å². The molecular weight excluding hydrogens is 474 g/mol. The zero-order chi connectivity index (χ0) is 26.5. The van der Waals surface area contributed by atoms with E-state index in [0.29, 0.717) is 65.6 Å². The predicted octanol–water partition coefficient (Wildman–Crippen LogP) is 3.21. The molecule has 1 saturated heterocycles. The average Bonchev–Trinajstić information content (AvgIpc) is 2.86. The standard InChI is InChI=1S/C26H31N7O2S/c1-5-18-19(15-27)24(36-21(22(28)34)16-9-7-6-8-10-16)32-23(20(18)30-4)33-13-11-17(12-14-33)31-25(35)26(2,3)29/h6-10,17,21H,5,11-14,29H2,1-3H3,(H2,28,34)(H,31,35). The number of hydrogen-bond donors (Lipinski definition) is 3. The number of aromatic nitrogens is 1. The summed E-state index contributed by atoms with van der Waals surface area (Å²) in [6, 6.07) is 11.3. The topological polar surface area (TPSA) is 142 Å². The molecule has 2 amide bonds. The Kier molecular flexibility index (Phi) is 8.57. The number of thioether (sulfide) groups is 1. The summed E-state index contributed by atoms with van der Waals surface area (Å²) in [5.41, 5.74) is 12.6. The van der Waals surface area contributed by atoms with Gasteiger partial charge >= 0.3 is 0 Å². The molecule has 1 unspecified atom stereocenters. The van der Waals surface area contributed by atoms with Crippen molar-refractivity contribution in [2.24, 2.45) is 11.5 Å². The second-order valence-electron chi connectivity index (χ2n) is 9.29. The van der Waals surface area contributed by atoms with Crippen molar-refractivity contribution in [2.75, 3.05) is 18.0 Å². The van der Waals surface area contributed by atoms with Crippen molar-refractivity contribution in [1.29, 1.82) is 5.26 Å². The number of nitrogens with one attached hydrogen (secondary N) is 1. The van der Waals surface area contributed by atoms with Crippen LogP contribution in [0, 0.1) is 17.9 Å². The van der Waals surface area contributed by atoms with Crippen molar-refractivity contribution in [3.63, 3.8) is 0 Å². The van der Waals surface area contributed by atoms with Crippen molar-refractivity contribution in [1.82, 2.24) is 10.3 Å². The summed E-state index contributed by atoms with van der Waals surface area (Å²) >= 11 is 1.13. The Bertz CT molecular complexity index is 1200. The van der Waals surface area contributed by atoms with E-state index in [9.17, 15) is 14.9 Å². The van der Waals surface area contributed by atoms with Crippen LogP contribution in [0.3, 0.4) is 0 Å². The summed E-state index contributed by atoms with van der Waals surface area (Å²) in [5.74, 6) is -0.252. The first-order chi connectivity index (χ1) is 17.1. The fourth-order valence-corrected chi connectivity index (χ4v) is 5.17. The highest BCUT2D eigenvalue weighted by Crippen LogP contribution is 2.43. The molecule has 3 rings (SSSR count). The van der Waals surface area contributed by atoms with Crippen LogP contribution in [0.5, 0.6) is 0 Å². The minimum absolute atomic E-state index is 0.0249. The second-order valence-corrected chi connectivity index (χ2v) is 10.4. The molecule has 0 spiro atoms. The number of carbonyl (C=O) groups is 2. The molecule has 1 aromatic carbocycles. The number of nitrogens with two attached hydrogens (primary N) is 2. The van der Waals surface area contributed by atoms with Crippen LogP contribution in [0.2, 0.25) is 0 Å². The Labute approximate surface area is 216 Å². The Balaban J connectivity index is 1.95. The molecule has 5 N–H and O–H groups in total. The van der Waals surface area contributed by atoms with Crippen molar-refractivity contribution in [3.05, 3.63) is 58.4 Å². The van der Waals surface area contributed by atoms with Gasteiger partial charge in [0.05, 0.1) is 17.7 Å². The molecular formula is C26H31N7O2S. The van der Waals surface area contributed by atoms with Crippen LogP contribution in [0.4, 0.5) is 11.5 Å². The molecule has 1 aliphatic heterocycles. The fraction of sp³-hybridized carbons (Fsp3) is 0.423. The lowest BCUT2D eigenvalue weighted by Crippen LogP contribution is -2.54. The molecule has 1 aliphatic rings. The van der Waals surface area contributed by atoms with Crippen LogP contribution in [0.15, 0.2) is 35.4 Å². The van der Waals surface area contributed by atoms with Crippen LogP contribution < -0.4 is 21.7 Å². The summed E-state index contributed by atoms with van der Waals surface area (Å²) in [5, 5.41) is 12.6. The Hall–Kier alpha value is -3.60. The van der Waals surface area contributed by atoms with Gasteiger partial charge in [-0.2, -0.15) is 5.26 Å². The number of benzene rings is 1. The lowest BCUT2D eigenvalue weighted by molar-refractivity contribution is -0.126. The maximum atomic E-state index is 12.4. The zero-order valence-corrected chi connectivity index (χ0v) is 21.6. The maximum Gasteiger partial charge on any atom is 0.239 e. The number of piperidine rings is 1. The quantitative estimate of drug-likeness (QED) is 0.369. The van der Waals surface area contributed by atoms with E-state index in [-0.39, 0.29) is 11.9 Å². The molecule has 0 aliphatic carbocycles. The number of carbonyl (C=O) groups excluding carboxylic acids is 2. The minimum Gasteiger partial charge on any atom is -0.368 e. The summed E-state index contributed by atoms with van der Waals surface area (Å²) in [7, 11) is 0. The highest BCUT2D eigenvalue weighted by molar-refractivity contribution is 8.00. The lowest BCUT2D eigenvalue weighted by Gasteiger charge is -2.35. The van der Waals surface area contributed by atoms with E-state index in [0.717, 1.165) is 11.8 Å². The normalized spacial score (nSPS) is 15.0.